The van der Waals surface area contributed by atoms with Gasteiger partial charge in [-0.15, -0.1) is 0 Å². The number of carboxylic acid groups (broad SMARTS) is 1. The van der Waals surface area contributed by atoms with E-state index in [1.807, 2.05) is 13.8 Å². The van der Waals surface area contributed by atoms with E-state index < -0.39 is 60.1 Å². The third kappa shape index (κ3) is 9.06. The lowest BCUT2D eigenvalue weighted by molar-refractivity contribution is -0.146. The molecule has 3 amide bonds. The second kappa shape index (κ2) is 12.5. The van der Waals surface area contributed by atoms with E-state index in [-0.39, 0.29) is 11.8 Å². The summed E-state index contributed by atoms with van der Waals surface area (Å²) < 4.78 is 0. The summed E-state index contributed by atoms with van der Waals surface area (Å²) in [5, 5.41) is 35.5. The average molecular weight is 433 g/mol. The molecular weight excluding hydrogens is 396 g/mol. The zero-order chi connectivity index (χ0) is 23.8. The Hall–Kier alpha value is -2.24. The predicted molar refractivity (Wildman–Crippen MR) is 109 cm³/mol. The first-order chi connectivity index (χ1) is 13.7. The molecule has 0 heterocycles. The van der Waals surface area contributed by atoms with Crippen LogP contribution >= 0.6 is 0 Å². The van der Waals surface area contributed by atoms with E-state index in [0.717, 1.165) is 0 Å². The molecule has 6 atom stereocenters. The quantitative estimate of drug-likeness (QED) is 0.190. The topological polar surface area (TPSA) is 191 Å². The van der Waals surface area contributed by atoms with E-state index >= 15 is 0 Å². The molecule has 0 radical (unpaired) electrons. The molecule has 0 aliphatic rings. The molecule has 174 valence electrons. The highest BCUT2D eigenvalue weighted by Crippen LogP contribution is 2.07. The summed E-state index contributed by atoms with van der Waals surface area (Å²) in [5.41, 5.74) is 5.85. The van der Waals surface area contributed by atoms with Gasteiger partial charge in [0.05, 0.1) is 18.2 Å². The van der Waals surface area contributed by atoms with Gasteiger partial charge in [0.1, 0.15) is 12.1 Å². The summed E-state index contributed by atoms with van der Waals surface area (Å²) in [7, 11) is 0. The molecule has 11 nitrogen and oxygen atoms in total. The number of aliphatic carboxylic acids is 1. The second-order valence-electron chi connectivity index (χ2n) is 8.26. The van der Waals surface area contributed by atoms with E-state index in [4.69, 9.17) is 10.8 Å². The number of nitrogens with two attached hydrogens (primary N) is 1. The third-order valence-electron chi connectivity index (χ3n) is 4.42. The van der Waals surface area contributed by atoms with Gasteiger partial charge < -0.3 is 37.0 Å². The number of amides is 3. The molecule has 0 bridgehead atoms. The Morgan fingerprint density at radius 3 is 1.50 bits per heavy atom. The maximum atomic E-state index is 12.7. The summed E-state index contributed by atoms with van der Waals surface area (Å²) in [6, 6.07) is -4.96. The lowest BCUT2D eigenvalue weighted by Gasteiger charge is -2.28. The maximum absolute atomic E-state index is 12.7. The highest BCUT2D eigenvalue weighted by atomic mass is 16.4. The number of aliphatic hydroxyl groups excluding tert-OH is 2. The smallest absolute Gasteiger partial charge is 0.328 e. The van der Waals surface area contributed by atoms with Crippen molar-refractivity contribution in [2.45, 2.75) is 84.3 Å². The molecule has 0 saturated carbocycles. The van der Waals surface area contributed by atoms with Crippen LogP contribution in [0.25, 0.3) is 0 Å². The number of carbonyl (C=O) groups excluding carboxylic acids is 3. The van der Waals surface area contributed by atoms with Crippen LogP contribution in [0.3, 0.4) is 0 Å². The lowest BCUT2D eigenvalue weighted by atomic mass is 9.99. The van der Waals surface area contributed by atoms with Crippen molar-refractivity contribution in [2.24, 2.45) is 17.6 Å². The van der Waals surface area contributed by atoms with Gasteiger partial charge in [-0.25, -0.2) is 4.79 Å². The van der Waals surface area contributed by atoms with Crippen molar-refractivity contribution < 1.29 is 34.5 Å². The number of carboxylic acids is 1. The van der Waals surface area contributed by atoms with Crippen LogP contribution in [0.2, 0.25) is 0 Å². The van der Waals surface area contributed by atoms with Gasteiger partial charge in [0, 0.05) is 0 Å². The van der Waals surface area contributed by atoms with Gasteiger partial charge in [-0.1, -0.05) is 27.7 Å². The fourth-order valence-electron chi connectivity index (χ4n) is 2.69. The molecule has 11 heteroatoms. The van der Waals surface area contributed by atoms with E-state index in [2.05, 4.69) is 16.0 Å². The maximum Gasteiger partial charge on any atom is 0.328 e. The first-order valence-electron chi connectivity index (χ1n) is 9.94. The SMILES string of the molecule is CC(C)CC(N)C(=O)NC(C(=O)NC(C(=O)NC(C(=O)O)C(C)O)C(C)O)C(C)C. The van der Waals surface area contributed by atoms with E-state index in [1.165, 1.54) is 13.8 Å². The standard InChI is InChI=1S/C19H36N4O7/c1-8(2)7-12(20)16(26)21-13(9(3)4)17(27)22-14(10(5)24)18(28)23-15(11(6)25)19(29)30/h8-15,24-25H,7,20H2,1-6H3,(H,21,26)(H,22,27)(H,23,28)(H,29,30). The lowest BCUT2D eigenvalue weighted by Crippen LogP contribution is -2.61. The minimum Gasteiger partial charge on any atom is -0.480 e. The summed E-state index contributed by atoms with van der Waals surface area (Å²) >= 11 is 0. The fraction of sp³-hybridized carbons (Fsp3) is 0.789. The van der Waals surface area contributed by atoms with Crippen molar-refractivity contribution in [1.82, 2.24) is 16.0 Å². The number of hydrogen-bond donors (Lipinski definition) is 7. The average Bonchev–Trinajstić information content (AvgIpc) is 2.59. The van der Waals surface area contributed by atoms with Crippen LogP contribution in [0.1, 0.15) is 48.0 Å². The van der Waals surface area contributed by atoms with Crippen molar-refractivity contribution in [2.75, 3.05) is 0 Å². The molecule has 0 aromatic carbocycles. The number of nitrogens with one attached hydrogen (secondary N) is 3. The zero-order valence-corrected chi connectivity index (χ0v) is 18.4. The Kier molecular flexibility index (Phi) is 11.5. The van der Waals surface area contributed by atoms with Crippen molar-refractivity contribution in [3.8, 4) is 0 Å². The zero-order valence-electron chi connectivity index (χ0n) is 18.4. The third-order valence-corrected chi connectivity index (χ3v) is 4.42. The number of rotatable bonds is 12. The Bertz CT molecular complexity index is 608. The van der Waals surface area contributed by atoms with Crippen LogP contribution in [-0.2, 0) is 19.2 Å². The van der Waals surface area contributed by atoms with Gasteiger partial charge in [0.2, 0.25) is 17.7 Å². The van der Waals surface area contributed by atoms with Gasteiger partial charge in [0.25, 0.3) is 0 Å². The predicted octanol–water partition coefficient (Wildman–Crippen LogP) is -1.68. The molecular formula is C19H36N4O7. The van der Waals surface area contributed by atoms with Crippen molar-refractivity contribution in [1.29, 1.82) is 0 Å². The fourth-order valence-corrected chi connectivity index (χ4v) is 2.69. The summed E-state index contributed by atoms with van der Waals surface area (Å²) in [6.07, 6.45) is -2.35. The minimum atomic E-state index is -1.62. The molecule has 6 unspecified atom stereocenters. The van der Waals surface area contributed by atoms with Gasteiger partial charge in [0.15, 0.2) is 6.04 Å². The molecule has 0 aliphatic carbocycles. The molecule has 0 aromatic rings. The Balaban J connectivity index is 5.34. The number of carbonyl (C=O) groups is 4. The number of aliphatic hydroxyl groups is 2. The summed E-state index contributed by atoms with van der Waals surface area (Å²) in [5.74, 6) is -3.90. The summed E-state index contributed by atoms with van der Waals surface area (Å²) in [6.45, 7) is 9.60. The Labute approximate surface area is 176 Å². The molecule has 8 N–H and O–H groups in total. The summed E-state index contributed by atoms with van der Waals surface area (Å²) in [4.78, 5) is 48.6. The molecule has 0 saturated heterocycles. The highest BCUT2D eigenvalue weighted by Gasteiger charge is 2.34. The van der Waals surface area contributed by atoms with Crippen LogP contribution in [0.4, 0.5) is 0 Å². The van der Waals surface area contributed by atoms with Crippen molar-refractivity contribution in [3.63, 3.8) is 0 Å². The van der Waals surface area contributed by atoms with Gasteiger partial charge in [-0.05, 0) is 32.1 Å². The van der Waals surface area contributed by atoms with Crippen LogP contribution in [0.5, 0.6) is 0 Å². The van der Waals surface area contributed by atoms with Crippen LogP contribution in [0, 0.1) is 11.8 Å². The van der Waals surface area contributed by atoms with E-state index in [1.54, 1.807) is 13.8 Å². The largest absolute Gasteiger partial charge is 0.480 e. The van der Waals surface area contributed by atoms with Gasteiger partial charge in [-0.2, -0.15) is 0 Å². The Morgan fingerprint density at radius 1 is 0.733 bits per heavy atom. The molecule has 0 aliphatic heterocycles. The van der Waals surface area contributed by atoms with Gasteiger partial charge in [-0.3, -0.25) is 14.4 Å². The second-order valence-corrected chi connectivity index (χ2v) is 8.26. The molecule has 0 aromatic heterocycles. The molecule has 0 rings (SSSR count). The molecule has 0 spiro atoms. The molecule has 30 heavy (non-hydrogen) atoms. The molecule has 0 fully saturated rings. The van der Waals surface area contributed by atoms with Crippen molar-refractivity contribution >= 4 is 23.7 Å². The van der Waals surface area contributed by atoms with E-state index in [9.17, 15) is 29.4 Å². The highest BCUT2D eigenvalue weighted by molar-refractivity contribution is 5.94. The van der Waals surface area contributed by atoms with Crippen LogP contribution in [0.15, 0.2) is 0 Å². The van der Waals surface area contributed by atoms with E-state index in [0.29, 0.717) is 6.42 Å². The minimum absolute atomic E-state index is 0.177. The monoisotopic (exact) mass is 432 g/mol. The van der Waals surface area contributed by atoms with Crippen LogP contribution < -0.4 is 21.7 Å². The first-order valence-corrected chi connectivity index (χ1v) is 9.94. The number of hydrogen-bond acceptors (Lipinski definition) is 7. The van der Waals surface area contributed by atoms with Crippen molar-refractivity contribution in [3.05, 3.63) is 0 Å². The first kappa shape index (κ1) is 27.8. The normalized spacial score (nSPS) is 17.4. The Morgan fingerprint density at radius 2 is 1.13 bits per heavy atom. The van der Waals surface area contributed by atoms with Crippen LogP contribution in [-0.4, -0.2) is 75.4 Å². The van der Waals surface area contributed by atoms with Gasteiger partial charge >= 0.3 is 5.97 Å².